The summed E-state index contributed by atoms with van der Waals surface area (Å²) in [6, 6.07) is 0. The molecule has 0 aliphatic heterocycles. The molecule has 0 saturated carbocycles. The topological polar surface area (TPSA) is 95.2 Å². The van der Waals surface area contributed by atoms with Crippen molar-refractivity contribution in [2.24, 2.45) is 0 Å². The average molecular weight is 286 g/mol. The molecule has 0 aromatic rings. The first-order valence-corrected chi connectivity index (χ1v) is 7.60. The molecule has 0 rings (SSSR count). The van der Waals surface area contributed by atoms with Crippen LogP contribution in [-0.4, -0.2) is 18.4 Å². The van der Waals surface area contributed by atoms with E-state index in [2.05, 4.69) is 0 Å². The van der Waals surface area contributed by atoms with Crippen LogP contribution in [0, 0.1) is 37.4 Å². The minimum absolute atomic E-state index is 0. The van der Waals surface area contributed by atoms with Gasteiger partial charge < -0.3 is 0 Å². The van der Waals surface area contributed by atoms with E-state index in [0.717, 1.165) is 0 Å². The first kappa shape index (κ1) is 12.0. The van der Waals surface area contributed by atoms with Crippen molar-refractivity contribution in [3.63, 3.8) is 0 Å². The van der Waals surface area contributed by atoms with Gasteiger partial charge in [0.2, 0.25) is 0 Å². The second kappa shape index (κ2) is 5.09. The number of hydrogen-bond acceptors (Lipinski definition) is 4. The fourth-order valence-electron chi connectivity index (χ4n) is 0.150. The van der Waals surface area contributed by atoms with E-state index < -0.39 is 18.4 Å². The van der Waals surface area contributed by atoms with Crippen molar-refractivity contribution in [3.05, 3.63) is 0 Å². The summed E-state index contributed by atoms with van der Waals surface area (Å²) in [6.45, 7) is 0. The van der Waals surface area contributed by atoms with Crippen LogP contribution in [0.2, 0.25) is 0 Å². The molecule has 6 heteroatoms. The van der Waals surface area contributed by atoms with Gasteiger partial charge >= 0.3 is 55.8 Å². The van der Waals surface area contributed by atoms with E-state index in [1.807, 2.05) is 0 Å². The standard InChI is InChI=1S/4CN.Cu.Sn/c4*1-2;;. The molecule has 0 aliphatic carbocycles. The van der Waals surface area contributed by atoms with Crippen LogP contribution >= 0.6 is 0 Å². The maximum Gasteiger partial charge on any atom is 0 e. The summed E-state index contributed by atoms with van der Waals surface area (Å²) < 4.78 is 5.96. The van der Waals surface area contributed by atoms with Crippen molar-refractivity contribution < 1.29 is 17.1 Å². The molecule has 0 aromatic carbocycles. The monoisotopic (exact) mass is 287 g/mol. The Morgan fingerprint density at radius 1 is 0.700 bits per heavy atom. The molecule has 0 N–H and O–H groups in total. The van der Waals surface area contributed by atoms with Gasteiger partial charge in [-0.1, -0.05) is 0 Å². The van der Waals surface area contributed by atoms with Crippen molar-refractivity contribution in [3.8, 4) is 16.3 Å². The van der Waals surface area contributed by atoms with Gasteiger partial charge in [0.05, 0.1) is 0 Å². The Balaban J connectivity index is 0. The molecule has 0 aromatic heterocycles. The molecular formula is C4CuN4Sn. The Labute approximate surface area is 72.6 Å². The van der Waals surface area contributed by atoms with Crippen molar-refractivity contribution in [1.29, 1.82) is 21.0 Å². The quantitative estimate of drug-likeness (QED) is 0.570. The van der Waals surface area contributed by atoms with Crippen molar-refractivity contribution in [2.75, 3.05) is 0 Å². The Morgan fingerprint density at radius 2 is 0.900 bits per heavy atom. The molecule has 10 heavy (non-hydrogen) atoms. The predicted octanol–water partition coefficient (Wildman–Crippen LogP) is -0.316. The van der Waals surface area contributed by atoms with Gasteiger partial charge in [-0.05, 0) is 0 Å². The smallest absolute Gasteiger partial charge is 0 e. The Bertz CT molecular complexity index is 210. The maximum absolute atomic E-state index is 8.15. The molecule has 0 aliphatic rings. The van der Waals surface area contributed by atoms with Gasteiger partial charge in [0.1, 0.15) is 0 Å². The number of nitrogens with zero attached hydrogens (tertiary/aromatic N) is 4. The van der Waals surface area contributed by atoms with E-state index in [0.29, 0.717) is 0 Å². The number of hydrogen-bond donors (Lipinski definition) is 0. The van der Waals surface area contributed by atoms with E-state index >= 15 is 0 Å². The second-order valence-electron chi connectivity index (χ2n) is 1.20. The molecule has 0 saturated heterocycles. The van der Waals surface area contributed by atoms with Crippen LogP contribution in [0.3, 0.4) is 0 Å². The van der Waals surface area contributed by atoms with Crippen LogP contribution < -0.4 is 0 Å². The minimum Gasteiger partial charge on any atom is 0 e. The number of nitriles is 4. The second-order valence-corrected chi connectivity index (χ2v) is 8.03. The molecule has 0 amide bonds. The summed E-state index contributed by atoms with van der Waals surface area (Å²) >= 11 is -4.16. The molecular weight excluding hydrogens is 286 g/mol. The fourth-order valence-corrected chi connectivity index (χ4v) is 1.01. The normalized spacial score (nSPS) is 6.80. The van der Waals surface area contributed by atoms with Crippen molar-refractivity contribution >= 4 is 18.4 Å². The van der Waals surface area contributed by atoms with Crippen LogP contribution in [0.1, 0.15) is 0 Å². The third kappa shape index (κ3) is 2.26. The van der Waals surface area contributed by atoms with Crippen LogP contribution in [-0.2, 0) is 17.1 Å². The van der Waals surface area contributed by atoms with Gasteiger partial charge in [-0.2, -0.15) is 0 Å². The van der Waals surface area contributed by atoms with Crippen LogP contribution in [0.25, 0.3) is 0 Å². The molecule has 1 radical (unpaired) electrons. The zero-order valence-corrected chi connectivity index (χ0v) is 8.39. The van der Waals surface area contributed by atoms with Crippen LogP contribution in [0.4, 0.5) is 0 Å². The van der Waals surface area contributed by atoms with E-state index in [1.54, 1.807) is 0 Å². The third-order valence-electron chi connectivity index (χ3n) is 0.671. The molecule has 0 spiro atoms. The van der Waals surface area contributed by atoms with Crippen LogP contribution in [0.15, 0.2) is 0 Å². The Morgan fingerprint density at radius 3 is 0.900 bits per heavy atom. The maximum atomic E-state index is 8.15. The summed E-state index contributed by atoms with van der Waals surface area (Å²) in [5, 5.41) is 32.6. The van der Waals surface area contributed by atoms with Crippen molar-refractivity contribution in [2.45, 2.75) is 0 Å². The minimum atomic E-state index is -4.16. The van der Waals surface area contributed by atoms with Gasteiger partial charge in [-0.15, -0.1) is 0 Å². The molecule has 51 valence electrons. The van der Waals surface area contributed by atoms with E-state index in [-0.39, 0.29) is 17.1 Å². The van der Waals surface area contributed by atoms with E-state index in [4.69, 9.17) is 21.0 Å². The summed E-state index contributed by atoms with van der Waals surface area (Å²) in [7, 11) is 0. The van der Waals surface area contributed by atoms with Gasteiger partial charge in [0, 0.05) is 17.1 Å². The fraction of sp³-hybridized carbons (Fsp3) is 0. The predicted molar refractivity (Wildman–Crippen MR) is 28.2 cm³/mol. The number of rotatable bonds is 0. The van der Waals surface area contributed by atoms with Gasteiger partial charge in [-0.3, -0.25) is 0 Å². The first-order valence-electron chi connectivity index (χ1n) is 1.89. The summed E-state index contributed by atoms with van der Waals surface area (Å²) in [4.78, 5) is 0. The Kier molecular flexibility index (Phi) is 6.11. The average Bonchev–Trinajstić information content (AvgIpc) is 1.95. The van der Waals surface area contributed by atoms with Gasteiger partial charge in [0.25, 0.3) is 0 Å². The SMILES string of the molecule is N#[C][Sn]([C]#N)([C]#N)[C]#N.[Cu]. The summed E-state index contributed by atoms with van der Waals surface area (Å²) in [5.74, 6) is 0. The largest absolute Gasteiger partial charge is 0 e. The zero-order valence-electron chi connectivity index (χ0n) is 4.59. The summed E-state index contributed by atoms with van der Waals surface area (Å²) in [5.41, 5.74) is 0. The molecule has 0 bridgehead atoms. The third-order valence-corrected chi connectivity index (χ3v) is 4.50. The van der Waals surface area contributed by atoms with Gasteiger partial charge in [0.15, 0.2) is 0 Å². The summed E-state index contributed by atoms with van der Waals surface area (Å²) in [6.07, 6.45) is 0. The van der Waals surface area contributed by atoms with Crippen LogP contribution in [0.5, 0.6) is 0 Å². The zero-order chi connectivity index (χ0) is 7.33. The van der Waals surface area contributed by atoms with E-state index in [1.165, 1.54) is 16.3 Å². The molecule has 4 nitrogen and oxygen atoms in total. The molecule has 0 heterocycles. The molecule has 0 atom stereocenters. The van der Waals surface area contributed by atoms with Gasteiger partial charge in [-0.25, -0.2) is 0 Å². The first-order chi connectivity index (χ1) is 4.24. The van der Waals surface area contributed by atoms with E-state index in [9.17, 15) is 0 Å². The molecule has 0 fully saturated rings. The molecule has 0 unspecified atom stereocenters. The Hall–Kier alpha value is -0.722. The van der Waals surface area contributed by atoms with Crippen molar-refractivity contribution in [1.82, 2.24) is 0 Å².